The summed E-state index contributed by atoms with van der Waals surface area (Å²) in [5.41, 5.74) is 0. The van der Waals surface area contributed by atoms with Crippen molar-refractivity contribution in [2.24, 2.45) is 5.92 Å². The zero-order valence-electron chi connectivity index (χ0n) is 14.7. The number of piperidine rings is 1. The largest absolute Gasteiger partial charge is 0.342 e. The maximum absolute atomic E-state index is 12.0. The van der Waals surface area contributed by atoms with E-state index >= 15 is 0 Å². The fourth-order valence-electron chi connectivity index (χ4n) is 3.35. The number of carbonyl (C=O) groups is 1. The average Bonchev–Trinajstić information content (AvgIpc) is 3.04. The summed E-state index contributed by atoms with van der Waals surface area (Å²) in [4.78, 5) is 20.9. The Morgan fingerprint density at radius 2 is 2.00 bits per heavy atom. The summed E-state index contributed by atoms with van der Waals surface area (Å²) in [5.74, 6) is 2.08. The molecule has 7 nitrogen and oxygen atoms in total. The molecule has 3 heterocycles. The second kappa shape index (κ2) is 8.27. The van der Waals surface area contributed by atoms with Crippen LogP contribution in [0.1, 0.15) is 50.4 Å². The predicted molar refractivity (Wildman–Crippen MR) is 93.2 cm³/mol. The highest BCUT2D eigenvalue weighted by Gasteiger charge is 2.30. The van der Waals surface area contributed by atoms with Crippen LogP contribution in [-0.2, 0) is 4.79 Å². The van der Waals surface area contributed by atoms with Gasteiger partial charge in [0, 0.05) is 44.6 Å². The molecule has 1 N–H and O–H groups in total. The molecule has 0 spiro atoms. The van der Waals surface area contributed by atoms with Gasteiger partial charge < -0.3 is 14.7 Å². The Morgan fingerprint density at radius 3 is 2.62 bits per heavy atom. The van der Waals surface area contributed by atoms with Crippen molar-refractivity contribution in [2.75, 3.05) is 39.8 Å². The summed E-state index contributed by atoms with van der Waals surface area (Å²) >= 11 is 0. The van der Waals surface area contributed by atoms with E-state index in [0.29, 0.717) is 0 Å². The number of halogens is 1. The first-order chi connectivity index (χ1) is 11.1. The van der Waals surface area contributed by atoms with Crippen molar-refractivity contribution in [3.05, 3.63) is 11.7 Å². The van der Waals surface area contributed by atoms with Crippen molar-refractivity contribution in [3.8, 4) is 0 Å². The molecule has 0 aliphatic carbocycles. The molecule has 0 radical (unpaired) electrons. The van der Waals surface area contributed by atoms with Crippen LogP contribution >= 0.6 is 12.4 Å². The molecule has 3 rings (SSSR count). The summed E-state index contributed by atoms with van der Waals surface area (Å²) in [6.45, 7) is 8.32. The van der Waals surface area contributed by atoms with Crippen molar-refractivity contribution in [2.45, 2.75) is 38.6 Å². The molecule has 2 aliphatic heterocycles. The Kier molecular flexibility index (Phi) is 6.60. The van der Waals surface area contributed by atoms with Crippen molar-refractivity contribution in [3.63, 3.8) is 0 Å². The van der Waals surface area contributed by atoms with Crippen LogP contribution in [0, 0.1) is 5.92 Å². The molecule has 0 saturated carbocycles. The van der Waals surface area contributed by atoms with E-state index in [9.17, 15) is 4.79 Å². The fraction of sp³-hybridized carbons (Fsp3) is 0.812. The van der Waals surface area contributed by atoms with Gasteiger partial charge in [-0.25, -0.2) is 0 Å². The van der Waals surface area contributed by atoms with Gasteiger partial charge in [0.25, 0.3) is 0 Å². The quantitative estimate of drug-likeness (QED) is 0.882. The number of likely N-dealkylation sites (N-methyl/N-ethyl adjacent to an activating group) is 1. The number of hydrogen-bond donors (Lipinski definition) is 1. The molecular formula is C16H28ClN5O2. The highest BCUT2D eigenvalue weighted by atomic mass is 35.5. The molecule has 0 aromatic carbocycles. The number of hydrogen-bond acceptors (Lipinski definition) is 6. The molecule has 2 fully saturated rings. The second-order valence-corrected chi connectivity index (χ2v) is 6.95. The molecule has 24 heavy (non-hydrogen) atoms. The van der Waals surface area contributed by atoms with Crippen LogP contribution in [0.5, 0.6) is 0 Å². The molecule has 136 valence electrons. The third-order valence-electron chi connectivity index (χ3n) is 4.92. The predicted octanol–water partition coefficient (Wildman–Crippen LogP) is 1.43. The van der Waals surface area contributed by atoms with E-state index in [1.54, 1.807) is 0 Å². The van der Waals surface area contributed by atoms with E-state index in [1.165, 1.54) is 0 Å². The number of aromatic nitrogens is 2. The lowest BCUT2D eigenvalue weighted by atomic mass is 9.96. The Balaban J connectivity index is 0.00000208. The maximum Gasteiger partial charge on any atom is 0.229 e. The highest BCUT2D eigenvalue weighted by Crippen LogP contribution is 2.29. The minimum Gasteiger partial charge on any atom is -0.342 e. The normalized spacial score (nSPS) is 23.3. The van der Waals surface area contributed by atoms with Gasteiger partial charge in [-0.1, -0.05) is 19.0 Å². The van der Waals surface area contributed by atoms with Crippen molar-refractivity contribution < 1.29 is 9.32 Å². The van der Waals surface area contributed by atoms with E-state index in [1.807, 2.05) is 18.7 Å². The zero-order chi connectivity index (χ0) is 16.4. The second-order valence-electron chi connectivity index (χ2n) is 6.95. The number of piperazine rings is 1. The SMILES string of the molecule is CC(C)C(=O)N1CCC(c2nc(C3CNCCN3C)no2)CC1.Cl. The molecule has 1 amide bonds. The van der Waals surface area contributed by atoms with Gasteiger partial charge in [0.2, 0.25) is 11.8 Å². The van der Waals surface area contributed by atoms with Crippen LogP contribution in [0.25, 0.3) is 0 Å². The summed E-state index contributed by atoms with van der Waals surface area (Å²) in [6, 6.07) is 0.184. The van der Waals surface area contributed by atoms with Crippen LogP contribution in [0.2, 0.25) is 0 Å². The zero-order valence-corrected chi connectivity index (χ0v) is 15.5. The maximum atomic E-state index is 12.0. The molecule has 1 aromatic heterocycles. The minimum atomic E-state index is 0. The van der Waals surface area contributed by atoms with Crippen LogP contribution in [0.4, 0.5) is 0 Å². The van der Waals surface area contributed by atoms with Gasteiger partial charge in [0.05, 0.1) is 6.04 Å². The Bertz CT molecular complexity index is 542. The summed E-state index contributed by atoms with van der Waals surface area (Å²) in [5, 5.41) is 7.57. The topological polar surface area (TPSA) is 74.5 Å². The highest BCUT2D eigenvalue weighted by molar-refractivity contribution is 5.85. The molecule has 2 saturated heterocycles. The number of amides is 1. The number of carbonyl (C=O) groups excluding carboxylic acids is 1. The standard InChI is InChI=1S/C16H27N5O2.ClH/c1-11(2)16(22)21-7-4-12(5-8-21)15-18-14(19-23-15)13-10-17-6-9-20(13)3;/h11-13,17H,4-10H2,1-3H3;1H. The van der Waals surface area contributed by atoms with Crippen molar-refractivity contribution in [1.29, 1.82) is 0 Å². The number of nitrogens with one attached hydrogen (secondary N) is 1. The van der Waals surface area contributed by atoms with Gasteiger partial charge in [-0.3, -0.25) is 9.69 Å². The summed E-state index contributed by atoms with van der Waals surface area (Å²) < 4.78 is 5.53. The molecule has 2 aliphatic rings. The third-order valence-corrected chi connectivity index (χ3v) is 4.92. The van der Waals surface area contributed by atoms with E-state index in [-0.39, 0.29) is 36.2 Å². The van der Waals surface area contributed by atoms with Crippen LogP contribution < -0.4 is 5.32 Å². The first kappa shape index (κ1) is 19.1. The lowest BCUT2D eigenvalue weighted by Gasteiger charge is -2.31. The van der Waals surface area contributed by atoms with Gasteiger partial charge in [-0.05, 0) is 19.9 Å². The van der Waals surface area contributed by atoms with E-state index < -0.39 is 0 Å². The first-order valence-electron chi connectivity index (χ1n) is 8.59. The molecule has 1 unspecified atom stereocenters. The van der Waals surface area contributed by atoms with E-state index in [0.717, 1.165) is 57.3 Å². The smallest absolute Gasteiger partial charge is 0.229 e. The van der Waals surface area contributed by atoms with Crippen molar-refractivity contribution >= 4 is 18.3 Å². The van der Waals surface area contributed by atoms with Crippen LogP contribution in [-0.4, -0.2) is 65.6 Å². The molecule has 8 heteroatoms. The number of nitrogens with zero attached hydrogens (tertiary/aromatic N) is 4. The first-order valence-corrected chi connectivity index (χ1v) is 8.59. The molecular weight excluding hydrogens is 330 g/mol. The number of likely N-dealkylation sites (tertiary alicyclic amines) is 1. The van der Waals surface area contributed by atoms with Gasteiger partial charge >= 0.3 is 0 Å². The Hall–Kier alpha value is -1.18. The lowest BCUT2D eigenvalue weighted by Crippen LogP contribution is -2.44. The Morgan fingerprint density at radius 1 is 1.29 bits per heavy atom. The van der Waals surface area contributed by atoms with Crippen LogP contribution in [0.15, 0.2) is 4.52 Å². The van der Waals surface area contributed by atoms with Crippen molar-refractivity contribution in [1.82, 2.24) is 25.3 Å². The van der Waals surface area contributed by atoms with Gasteiger partial charge in [0.15, 0.2) is 5.82 Å². The van der Waals surface area contributed by atoms with Gasteiger partial charge in [-0.15, -0.1) is 12.4 Å². The Labute approximate surface area is 149 Å². The molecule has 1 aromatic rings. The van der Waals surface area contributed by atoms with Gasteiger partial charge in [-0.2, -0.15) is 4.98 Å². The monoisotopic (exact) mass is 357 g/mol. The van der Waals surface area contributed by atoms with E-state index in [4.69, 9.17) is 4.52 Å². The average molecular weight is 358 g/mol. The van der Waals surface area contributed by atoms with E-state index in [2.05, 4.69) is 27.4 Å². The van der Waals surface area contributed by atoms with Gasteiger partial charge in [0.1, 0.15) is 0 Å². The number of rotatable bonds is 3. The minimum absolute atomic E-state index is 0. The fourth-order valence-corrected chi connectivity index (χ4v) is 3.35. The summed E-state index contributed by atoms with van der Waals surface area (Å²) in [6.07, 6.45) is 1.80. The third kappa shape index (κ3) is 4.07. The van der Waals surface area contributed by atoms with Crippen LogP contribution in [0.3, 0.4) is 0 Å². The lowest BCUT2D eigenvalue weighted by molar-refractivity contribution is -0.135. The molecule has 1 atom stereocenters. The molecule has 0 bridgehead atoms. The summed E-state index contributed by atoms with van der Waals surface area (Å²) in [7, 11) is 2.09.